The standard InChI is InChI=1S/C16H15F3N2/c17-16(18,19)12-7-8-15(13(20)10-12)21-9-3-5-11-4-1-2-6-14(11)21/h1-2,4,6-8,10H,3,5,9,20H2. The minimum Gasteiger partial charge on any atom is -0.397 e. The van der Waals surface area contributed by atoms with E-state index in [9.17, 15) is 13.2 Å². The third kappa shape index (κ3) is 2.55. The van der Waals surface area contributed by atoms with Crippen LogP contribution in [0.3, 0.4) is 0 Å². The summed E-state index contributed by atoms with van der Waals surface area (Å²) >= 11 is 0. The molecule has 0 spiro atoms. The molecule has 0 fully saturated rings. The molecular formula is C16H15F3N2. The Bertz CT molecular complexity index is 665. The van der Waals surface area contributed by atoms with Gasteiger partial charge >= 0.3 is 6.18 Å². The highest BCUT2D eigenvalue weighted by molar-refractivity contribution is 5.77. The molecule has 2 aromatic carbocycles. The van der Waals surface area contributed by atoms with E-state index < -0.39 is 11.7 Å². The zero-order chi connectivity index (χ0) is 15.0. The molecule has 21 heavy (non-hydrogen) atoms. The van der Waals surface area contributed by atoms with Crippen molar-refractivity contribution in [3.05, 3.63) is 53.6 Å². The fourth-order valence-corrected chi connectivity index (χ4v) is 2.76. The number of halogens is 3. The van der Waals surface area contributed by atoms with Gasteiger partial charge in [0.2, 0.25) is 0 Å². The number of hydrogen-bond donors (Lipinski definition) is 1. The average molecular weight is 292 g/mol. The Morgan fingerprint density at radius 1 is 1.00 bits per heavy atom. The number of rotatable bonds is 1. The number of nitrogens with two attached hydrogens (primary N) is 1. The molecule has 0 bridgehead atoms. The van der Waals surface area contributed by atoms with Crippen LogP contribution in [0.25, 0.3) is 0 Å². The zero-order valence-corrected chi connectivity index (χ0v) is 11.3. The molecule has 3 rings (SSSR count). The van der Waals surface area contributed by atoms with Gasteiger partial charge < -0.3 is 10.6 Å². The second-order valence-corrected chi connectivity index (χ2v) is 5.16. The van der Waals surface area contributed by atoms with Crippen molar-refractivity contribution < 1.29 is 13.2 Å². The van der Waals surface area contributed by atoms with Crippen molar-refractivity contribution in [2.24, 2.45) is 0 Å². The fraction of sp³-hybridized carbons (Fsp3) is 0.250. The second kappa shape index (κ2) is 4.98. The fourth-order valence-electron chi connectivity index (χ4n) is 2.76. The monoisotopic (exact) mass is 292 g/mol. The summed E-state index contributed by atoms with van der Waals surface area (Å²) in [7, 11) is 0. The van der Waals surface area contributed by atoms with Crippen LogP contribution < -0.4 is 10.6 Å². The van der Waals surface area contributed by atoms with Crippen molar-refractivity contribution >= 4 is 17.1 Å². The van der Waals surface area contributed by atoms with Crippen molar-refractivity contribution in [3.8, 4) is 0 Å². The first-order valence-electron chi connectivity index (χ1n) is 6.79. The third-order valence-corrected chi connectivity index (χ3v) is 3.76. The van der Waals surface area contributed by atoms with Gasteiger partial charge in [0.1, 0.15) is 0 Å². The van der Waals surface area contributed by atoms with E-state index in [2.05, 4.69) is 0 Å². The van der Waals surface area contributed by atoms with Crippen LogP contribution in [0.4, 0.5) is 30.2 Å². The van der Waals surface area contributed by atoms with Crippen LogP contribution in [-0.4, -0.2) is 6.54 Å². The van der Waals surface area contributed by atoms with Crippen molar-refractivity contribution in [2.45, 2.75) is 19.0 Å². The number of fused-ring (bicyclic) bond motifs is 1. The van der Waals surface area contributed by atoms with E-state index in [0.29, 0.717) is 5.69 Å². The number of nitrogens with zero attached hydrogens (tertiary/aromatic N) is 1. The summed E-state index contributed by atoms with van der Waals surface area (Å²) in [6.07, 6.45) is -2.43. The van der Waals surface area contributed by atoms with Gasteiger partial charge in [-0.3, -0.25) is 0 Å². The van der Waals surface area contributed by atoms with E-state index in [-0.39, 0.29) is 5.69 Å². The number of nitrogen functional groups attached to an aromatic ring is 1. The smallest absolute Gasteiger partial charge is 0.397 e. The molecule has 0 saturated carbocycles. The first kappa shape index (κ1) is 13.8. The molecule has 0 unspecified atom stereocenters. The summed E-state index contributed by atoms with van der Waals surface area (Å²) in [5.74, 6) is 0. The van der Waals surface area contributed by atoms with Crippen LogP contribution in [0.15, 0.2) is 42.5 Å². The lowest BCUT2D eigenvalue weighted by Gasteiger charge is -2.32. The lowest BCUT2D eigenvalue weighted by molar-refractivity contribution is -0.137. The molecular weight excluding hydrogens is 277 g/mol. The van der Waals surface area contributed by atoms with Crippen LogP contribution >= 0.6 is 0 Å². The van der Waals surface area contributed by atoms with Gasteiger partial charge in [0.05, 0.1) is 16.9 Å². The highest BCUT2D eigenvalue weighted by atomic mass is 19.4. The number of benzene rings is 2. The number of hydrogen-bond acceptors (Lipinski definition) is 2. The van der Waals surface area contributed by atoms with E-state index >= 15 is 0 Å². The lowest BCUT2D eigenvalue weighted by Crippen LogP contribution is -2.25. The molecule has 1 aliphatic heterocycles. The summed E-state index contributed by atoms with van der Waals surface area (Å²) in [6, 6.07) is 11.5. The molecule has 5 heteroatoms. The van der Waals surface area contributed by atoms with Gasteiger partial charge in [0.15, 0.2) is 0 Å². The van der Waals surface area contributed by atoms with Gasteiger partial charge in [-0.2, -0.15) is 13.2 Å². The Balaban J connectivity index is 2.03. The molecule has 0 aromatic heterocycles. The predicted molar refractivity (Wildman–Crippen MR) is 77.6 cm³/mol. The molecule has 0 saturated heterocycles. The maximum Gasteiger partial charge on any atom is 0.416 e. The Hall–Kier alpha value is -2.17. The molecule has 0 radical (unpaired) electrons. The summed E-state index contributed by atoms with van der Waals surface area (Å²) < 4.78 is 38.1. The summed E-state index contributed by atoms with van der Waals surface area (Å²) in [5, 5.41) is 0. The van der Waals surface area contributed by atoms with Gasteiger partial charge in [-0.1, -0.05) is 18.2 Å². The van der Waals surface area contributed by atoms with Crippen LogP contribution in [0, 0.1) is 0 Å². The van der Waals surface area contributed by atoms with Gasteiger partial charge in [0, 0.05) is 12.2 Å². The summed E-state index contributed by atoms with van der Waals surface area (Å²) in [4.78, 5) is 1.99. The molecule has 2 aromatic rings. The van der Waals surface area contributed by atoms with Crippen molar-refractivity contribution in [3.63, 3.8) is 0 Å². The van der Waals surface area contributed by atoms with Gasteiger partial charge in [-0.05, 0) is 42.7 Å². The first-order valence-corrected chi connectivity index (χ1v) is 6.79. The zero-order valence-electron chi connectivity index (χ0n) is 11.3. The number of alkyl halides is 3. The van der Waals surface area contributed by atoms with E-state index in [4.69, 9.17) is 5.73 Å². The third-order valence-electron chi connectivity index (χ3n) is 3.76. The van der Waals surface area contributed by atoms with Crippen molar-refractivity contribution in [2.75, 3.05) is 17.2 Å². The summed E-state index contributed by atoms with van der Waals surface area (Å²) in [6.45, 7) is 0.757. The van der Waals surface area contributed by atoms with Crippen LogP contribution in [-0.2, 0) is 12.6 Å². The normalized spacial score (nSPS) is 14.9. The SMILES string of the molecule is Nc1cc(C(F)(F)F)ccc1N1CCCc2ccccc21. The maximum atomic E-state index is 12.7. The number of anilines is 3. The Morgan fingerprint density at radius 3 is 2.48 bits per heavy atom. The van der Waals surface area contributed by atoms with Crippen LogP contribution in [0.1, 0.15) is 17.5 Å². The first-order chi connectivity index (χ1) is 9.97. The predicted octanol–water partition coefficient (Wildman–Crippen LogP) is 4.37. The van der Waals surface area contributed by atoms with E-state index in [1.807, 2.05) is 29.2 Å². The largest absolute Gasteiger partial charge is 0.416 e. The molecule has 2 N–H and O–H groups in total. The van der Waals surface area contributed by atoms with E-state index in [1.54, 1.807) is 0 Å². The molecule has 110 valence electrons. The maximum absolute atomic E-state index is 12.7. The number of aryl methyl sites for hydroxylation is 1. The Kier molecular flexibility index (Phi) is 3.27. The van der Waals surface area contributed by atoms with Gasteiger partial charge in [0.25, 0.3) is 0 Å². The van der Waals surface area contributed by atoms with Crippen LogP contribution in [0.5, 0.6) is 0 Å². The quantitative estimate of drug-likeness (QED) is 0.791. The summed E-state index contributed by atoms with van der Waals surface area (Å²) in [5.41, 5.74) is 8.16. The minimum atomic E-state index is -4.37. The number of para-hydroxylation sites is 1. The Labute approximate surface area is 121 Å². The molecule has 0 amide bonds. The van der Waals surface area contributed by atoms with E-state index in [1.165, 1.54) is 11.6 Å². The molecule has 0 atom stereocenters. The van der Waals surface area contributed by atoms with Crippen LogP contribution in [0.2, 0.25) is 0 Å². The highest BCUT2D eigenvalue weighted by Gasteiger charge is 2.31. The topological polar surface area (TPSA) is 29.3 Å². The van der Waals surface area contributed by atoms with Crippen molar-refractivity contribution in [1.82, 2.24) is 0 Å². The van der Waals surface area contributed by atoms with Gasteiger partial charge in [-0.15, -0.1) is 0 Å². The molecule has 0 aliphatic carbocycles. The highest BCUT2D eigenvalue weighted by Crippen LogP contribution is 2.39. The van der Waals surface area contributed by atoms with Gasteiger partial charge in [-0.25, -0.2) is 0 Å². The molecule has 1 aliphatic rings. The minimum absolute atomic E-state index is 0.154. The second-order valence-electron chi connectivity index (χ2n) is 5.16. The lowest BCUT2D eigenvalue weighted by atomic mass is 10.0. The average Bonchev–Trinajstić information content (AvgIpc) is 2.46. The van der Waals surface area contributed by atoms with E-state index in [0.717, 1.165) is 37.2 Å². The molecule has 2 nitrogen and oxygen atoms in total. The molecule has 1 heterocycles. The van der Waals surface area contributed by atoms with Crippen molar-refractivity contribution in [1.29, 1.82) is 0 Å². The Morgan fingerprint density at radius 2 is 1.76 bits per heavy atom.